The van der Waals surface area contributed by atoms with Crippen LogP contribution in [0.2, 0.25) is 0 Å². The van der Waals surface area contributed by atoms with E-state index in [1.54, 1.807) is 6.92 Å². The van der Waals surface area contributed by atoms with Gasteiger partial charge in [-0.25, -0.2) is 0 Å². The van der Waals surface area contributed by atoms with Gasteiger partial charge in [0.25, 0.3) is 0 Å². The average Bonchev–Trinajstić information content (AvgIpc) is 1.86. The minimum atomic E-state index is 0.247. The SMILES string of the molecule is CCCC(SC(C)=O)C(C)C. The van der Waals surface area contributed by atoms with Crippen LogP contribution in [0.3, 0.4) is 0 Å². The molecule has 0 rings (SSSR count). The zero-order valence-electron chi connectivity index (χ0n) is 7.89. The third-order valence-electron chi connectivity index (χ3n) is 1.63. The Bertz CT molecular complexity index is 121. The predicted molar refractivity (Wildman–Crippen MR) is 51.8 cm³/mol. The monoisotopic (exact) mass is 174 g/mol. The number of carbonyl (C=O) groups excluding carboxylic acids is 1. The fourth-order valence-corrected chi connectivity index (χ4v) is 2.08. The molecule has 0 amide bonds. The van der Waals surface area contributed by atoms with Gasteiger partial charge in [-0.15, -0.1) is 0 Å². The summed E-state index contributed by atoms with van der Waals surface area (Å²) in [6.07, 6.45) is 2.32. The van der Waals surface area contributed by atoms with E-state index < -0.39 is 0 Å². The molecule has 0 heterocycles. The van der Waals surface area contributed by atoms with E-state index in [0.29, 0.717) is 11.2 Å². The molecular weight excluding hydrogens is 156 g/mol. The third-order valence-corrected chi connectivity index (χ3v) is 3.05. The van der Waals surface area contributed by atoms with E-state index in [0.717, 1.165) is 6.42 Å². The first-order valence-corrected chi connectivity index (χ1v) is 5.13. The van der Waals surface area contributed by atoms with Gasteiger partial charge in [0.2, 0.25) is 0 Å². The molecule has 2 heteroatoms. The van der Waals surface area contributed by atoms with Crippen LogP contribution in [0.4, 0.5) is 0 Å². The summed E-state index contributed by atoms with van der Waals surface area (Å²) < 4.78 is 0. The van der Waals surface area contributed by atoms with Gasteiger partial charge in [-0.2, -0.15) is 0 Å². The van der Waals surface area contributed by atoms with Gasteiger partial charge in [0.1, 0.15) is 0 Å². The van der Waals surface area contributed by atoms with Gasteiger partial charge in [0.05, 0.1) is 0 Å². The lowest BCUT2D eigenvalue weighted by molar-refractivity contribution is -0.109. The Labute approximate surface area is 73.9 Å². The van der Waals surface area contributed by atoms with Crippen molar-refractivity contribution in [3.05, 3.63) is 0 Å². The maximum atomic E-state index is 10.8. The maximum Gasteiger partial charge on any atom is 0.186 e. The summed E-state index contributed by atoms with van der Waals surface area (Å²) in [7, 11) is 0. The summed E-state index contributed by atoms with van der Waals surface area (Å²) in [4.78, 5) is 10.8. The molecule has 0 aliphatic rings. The largest absolute Gasteiger partial charge is 0.288 e. The van der Waals surface area contributed by atoms with Crippen molar-refractivity contribution in [2.75, 3.05) is 0 Å². The van der Waals surface area contributed by atoms with Crippen molar-refractivity contribution in [1.82, 2.24) is 0 Å². The molecular formula is C9H18OS. The highest BCUT2D eigenvalue weighted by molar-refractivity contribution is 8.14. The molecule has 0 aromatic carbocycles. The standard InChI is InChI=1S/C9H18OS/c1-5-6-9(7(2)3)11-8(4)10/h7,9H,5-6H2,1-4H3. The highest BCUT2D eigenvalue weighted by Crippen LogP contribution is 2.24. The van der Waals surface area contributed by atoms with Crippen molar-refractivity contribution in [2.24, 2.45) is 5.92 Å². The van der Waals surface area contributed by atoms with Gasteiger partial charge < -0.3 is 0 Å². The first kappa shape index (κ1) is 11.0. The van der Waals surface area contributed by atoms with Crippen molar-refractivity contribution in [3.8, 4) is 0 Å². The summed E-state index contributed by atoms with van der Waals surface area (Å²) in [5, 5.41) is 0.773. The van der Waals surface area contributed by atoms with Gasteiger partial charge >= 0.3 is 0 Å². The molecule has 0 fully saturated rings. The second kappa shape index (κ2) is 5.64. The molecule has 0 spiro atoms. The van der Waals surface area contributed by atoms with Crippen LogP contribution in [0.25, 0.3) is 0 Å². The van der Waals surface area contributed by atoms with E-state index in [1.165, 1.54) is 18.2 Å². The minimum absolute atomic E-state index is 0.247. The van der Waals surface area contributed by atoms with E-state index in [1.807, 2.05) is 0 Å². The van der Waals surface area contributed by atoms with Crippen LogP contribution in [0.1, 0.15) is 40.5 Å². The Kier molecular flexibility index (Phi) is 5.65. The second-order valence-corrected chi connectivity index (χ2v) is 4.60. The van der Waals surface area contributed by atoms with E-state index >= 15 is 0 Å². The van der Waals surface area contributed by atoms with Gasteiger partial charge in [-0.1, -0.05) is 39.0 Å². The lowest BCUT2D eigenvalue weighted by Crippen LogP contribution is -2.12. The Morgan fingerprint density at radius 3 is 2.27 bits per heavy atom. The molecule has 0 saturated carbocycles. The van der Waals surface area contributed by atoms with Gasteiger partial charge in [0, 0.05) is 12.2 Å². The van der Waals surface area contributed by atoms with Crippen LogP contribution in [-0.4, -0.2) is 10.4 Å². The van der Waals surface area contributed by atoms with Gasteiger partial charge in [-0.3, -0.25) is 4.79 Å². The van der Waals surface area contributed by atoms with Gasteiger partial charge in [0.15, 0.2) is 5.12 Å². The molecule has 11 heavy (non-hydrogen) atoms. The molecule has 1 unspecified atom stereocenters. The van der Waals surface area contributed by atoms with Crippen LogP contribution >= 0.6 is 11.8 Å². The van der Waals surface area contributed by atoms with Gasteiger partial charge in [-0.05, 0) is 12.3 Å². The quantitative estimate of drug-likeness (QED) is 0.651. The van der Waals surface area contributed by atoms with Crippen molar-refractivity contribution >= 4 is 16.9 Å². The lowest BCUT2D eigenvalue weighted by Gasteiger charge is -2.17. The molecule has 0 aromatic rings. The Morgan fingerprint density at radius 1 is 1.45 bits per heavy atom. The first-order valence-electron chi connectivity index (χ1n) is 4.25. The smallest absolute Gasteiger partial charge is 0.186 e. The van der Waals surface area contributed by atoms with Crippen LogP contribution in [-0.2, 0) is 4.79 Å². The molecule has 0 radical (unpaired) electrons. The molecule has 66 valence electrons. The molecule has 1 atom stereocenters. The van der Waals surface area contributed by atoms with E-state index in [4.69, 9.17) is 0 Å². The van der Waals surface area contributed by atoms with E-state index in [-0.39, 0.29) is 5.12 Å². The highest BCUT2D eigenvalue weighted by atomic mass is 32.2. The summed E-state index contributed by atoms with van der Waals surface area (Å²) in [5.41, 5.74) is 0. The van der Waals surface area contributed by atoms with Crippen LogP contribution in [0, 0.1) is 5.92 Å². The van der Waals surface area contributed by atoms with E-state index in [9.17, 15) is 4.79 Å². The van der Waals surface area contributed by atoms with Crippen LogP contribution < -0.4 is 0 Å². The molecule has 0 aromatic heterocycles. The summed E-state index contributed by atoms with van der Waals surface area (Å²) in [6.45, 7) is 8.16. The number of rotatable bonds is 4. The summed E-state index contributed by atoms with van der Waals surface area (Å²) in [6, 6.07) is 0. The molecule has 0 aliphatic heterocycles. The lowest BCUT2D eigenvalue weighted by atomic mass is 10.1. The average molecular weight is 174 g/mol. The van der Waals surface area contributed by atoms with Crippen molar-refractivity contribution in [2.45, 2.75) is 45.8 Å². The summed E-state index contributed by atoms with van der Waals surface area (Å²) in [5.74, 6) is 0.615. The normalized spacial score (nSPS) is 13.5. The first-order chi connectivity index (χ1) is 5.07. The Balaban J connectivity index is 3.79. The second-order valence-electron chi connectivity index (χ2n) is 3.18. The maximum absolute atomic E-state index is 10.8. The van der Waals surface area contributed by atoms with Crippen LogP contribution in [0.5, 0.6) is 0 Å². The Morgan fingerprint density at radius 2 is 2.00 bits per heavy atom. The fourth-order valence-electron chi connectivity index (χ4n) is 1.03. The molecule has 0 saturated heterocycles. The van der Waals surface area contributed by atoms with Crippen LogP contribution in [0.15, 0.2) is 0 Å². The highest BCUT2D eigenvalue weighted by Gasteiger charge is 2.14. The zero-order valence-corrected chi connectivity index (χ0v) is 8.70. The molecule has 0 N–H and O–H groups in total. The number of hydrogen-bond donors (Lipinski definition) is 0. The predicted octanol–water partition coefficient (Wildman–Crippen LogP) is 3.09. The zero-order chi connectivity index (χ0) is 8.85. The number of carbonyl (C=O) groups is 1. The summed E-state index contributed by atoms with van der Waals surface area (Å²) >= 11 is 1.49. The minimum Gasteiger partial charge on any atom is -0.288 e. The number of thioether (sulfide) groups is 1. The molecule has 0 aliphatic carbocycles. The topological polar surface area (TPSA) is 17.1 Å². The molecule has 1 nitrogen and oxygen atoms in total. The van der Waals surface area contributed by atoms with Crippen molar-refractivity contribution in [3.63, 3.8) is 0 Å². The number of hydrogen-bond acceptors (Lipinski definition) is 2. The fraction of sp³-hybridized carbons (Fsp3) is 0.889. The van der Waals surface area contributed by atoms with Crippen molar-refractivity contribution in [1.29, 1.82) is 0 Å². The van der Waals surface area contributed by atoms with E-state index in [2.05, 4.69) is 20.8 Å². The molecule has 0 bridgehead atoms. The third kappa shape index (κ3) is 5.31. The Hall–Kier alpha value is 0.0200. The van der Waals surface area contributed by atoms with Crippen molar-refractivity contribution < 1.29 is 4.79 Å².